The molecule has 0 radical (unpaired) electrons. The van der Waals surface area contributed by atoms with E-state index in [-0.39, 0.29) is 24.2 Å². The third kappa shape index (κ3) is 4.62. The number of anilines is 1. The van der Waals surface area contributed by atoms with Gasteiger partial charge in [0.05, 0.1) is 6.04 Å². The Labute approximate surface area is 159 Å². The molecule has 1 fully saturated rings. The van der Waals surface area contributed by atoms with Gasteiger partial charge in [0.15, 0.2) is 5.69 Å². The quantitative estimate of drug-likeness (QED) is 0.856. The van der Waals surface area contributed by atoms with Crippen LogP contribution in [0.4, 0.5) is 5.69 Å². The Morgan fingerprint density at radius 3 is 2.58 bits per heavy atom. The van der Waals surface area contributed by atoms with Crippen LogP contribution in [-0.4, -0.2) is 53.7 Å². The number of carbonyl (C=O) groups excluding carboxylic acids is 2. The minimum absolute atomic E-state index is 0. The molecule has 1 unspecified atom stereocenters. The summed E-state index contributed by atoms with van der Waals surface area (Å²) in [5, 5.41) is 10.6. The number of piperidine rings is 1. The molecule has 2 aromatic rings. The van der Waals surface area contributed by atoms with Crippen LogP contribution >= 0.6 is 12.4 Å². The average molecular weight is 378 g/mol. The van der Waals surface area contributed by atoms with Crippen LogP contribution in [0.2, 0.25) is 0 Å². The number of amides is 2. The highest BCUT2D eigenvalue weighted by Crippen LogP contribution is 2.17. The minimum atomic E-state index is -0.255. The highest BCUT2D eigenvalue weighted by Gasteiger charge is 2.18. The Kier molecular flexibility index (Phi) is 6.76. The van der Waals surface area contributed by atoms with E-state index in [9.17, 15) is 9.59 Å². The van der Waals surface area contributed by atoms with E-state index in [4.69, 9.17) is 0 Å². The molecule has 1 aliphatic rings. The van der Waals surface area contributed by atoms with Crippen molar-refractivity contribution >= 4 is 29.9 Å². The molecule has 0 aliphatic carbocycles. The zero-order valence-corrected chi connectivity index (χ0v) is 15.8. The van der Waals surface area contributed by atoms with Crippen molar-refractivity contribution in [2.45, 2.75) is 18.9 Å². The van der Waals surface area contributed by atoms with Crippen molar-refractivity contribution in [2.75, 3.05) is 32.5 Å². The summed E-state index contributed by atoms with van der Waals surface area (Å²) in [4.78, 5) is 25.7. The van der Waals surface area contributed by atoms with Crippen molar-refractivity contribution in [3.63, 3.8) is 0 Å². The average Bonchev–Trinajstić information content (AvgIpc) is 3.13. The summed E-state index contributed by atoms with van der Waals surface area (Å²) >= 11 is 0. The second-order valence-corrected chi connectivity index (χ2v) is 6.41. The predicted molar refractivity (Wildman–Crippen MR) is 103 cm³/mol. The topological polar surface area (TPSA) is 79.3 Å². The normalized spacial score (nSPS) is 16.5. The van der Waals surface area contributed by atoms with Gasteiger partial charge in [-0.15, -0.1) is 12.4 Å². The molecule has 0 spiro atoms. The van der Waals surface area contributed by atoms with Gasteiger partial charge in [0.1, 0.15) is 0 Å². The Morgan fingerprint density at radius 1 is 1.23 bits per heavy atom. The molecular formula is C18H24ClN5O2. The van der Waals surface area contributed by atoms with Gasteiger partial charge < -0.3 is 15.5 Å². The summed E-state index contributed by atoms with van der Waals surface area (Å²) in [6, 6.07) is 8.86. The maximum Gasteiger partial charge on any atom is 0.276 e. The highest BCUT2D eigenvalue weighted by molar-refractivity contribution is 6.03. The molecule has 0 bridgehead atoms. The van der Waals surface area contributed by atoms with E-state index in [0.29, 0.717) is 23.0 Å². The van der Waals surface area contributed by atoms with Crippen LogP contribution < -0.4 is 10.6 Å². The molecule has 1 atom stereocenters. The van der Waals surface area contributed by atoms with Crippen molar-refractivity contribution in [2.24, 2.45) is 0 Å². The summed E-state index contributed by atoms with van der Waals surface area (Å²) in [6.45, 7) is 1.92. The summed E-state index contributed by atoms with van der Waals surface area (Å²) in [6.07, 6.45) is 4.03. The zero-order valence-electron chi connectivity index (χ0n) is 14.9. The largest absolute Gasteiger partial charge is 0.345 e. The van der Waals surface area contributed by atoms with E-state index in [1.54, 1.807) is 44.4 Å². The van der Waals surface area contributed by atoms with Gasteiger partial charge in [0, 0.05) is 38.1 Å². The summed E-state index contributed by atoms with van der Waals surface area (Å²) in [5.74, 6) is -0.327. The fourth-order valence-corrected chi connectivity index (χ4v) is 2.87. The molecule has 140 valence electrons. The van der Waals surface area contributed by atoms with Gasteiger partial charge in [0.2, 0.25) is 0 Å². The molecular weight excluding hydrogens is 354 g/mol. The number of rotatable bonds is 4. The Bertz CT molecular complexity index is 751. The summed E-state index contributed by atoms with van der Waals surface area (Å²) in [7, 11) is 3.41. The number of halogens is 1. The van der Waals surface area contributed by atoms with Gasteiger partial charge in [0.25, 0.3) is 11.8 Å². The van der Waals surface area contributed by atoms with Crippen molar-refractivity contribution in [1.82, 2.24) is 20.0 Å². The van der Waals surface area contributed by atoms with Gasteiger partial charge in [-0.3, -0.25) is 14.3 Å². The summed E-state index contributed by atoms with van der Waals surface area (Å²) in [5.41, 5.74) is 1.60. The van der Waals surface area contributed by atoms with Crippen LogP contribution in [-0.2, 0) is 0 Å². The van der Waals surface area contributed by atoms with Gasteiger partial charge >= 0.3 is 0 Å². The molecule has 0 saturated carbocycles. The molecule has 3 rings (SSSR count). The van der Waals surface area contributed by atoms with Crippen molar-refractivity contribution in [3.05, 3.63) is 47.8 Å². The number of nitrogens with one attached hydrogen (secondary N) is 2. The smallest absolute Gasteiger partial charge is 0.276 e. The third-order valence-corrected chi connectivity index (χ3v) is 4.28. The SMILES string of the molecule is CN(C)C(=O)c1ccc(NC(=O)c2ccn(C3CCCNC3)n2)cc1.Cl. The van der Waals surface area contributed by atoms with Gasteiger partial charge in [-0.1, -0.05) is 0 Å². The van der Waals surface area contributed by atoms with Crippen molar-refractivity contribution in [1.29, 1.82) is 0 Å². The molecule has 7 nitrogen and oxygen atoms in total. The lowest BCUT2D eigenvalue weighted by Gasteiger charge is -2.22. The monoisotopic (exact) mass is 377 g/mol. The highest BCUT2D eigenvalue weighted by atomic mass is 35.5. The predicted octanol–water partition coefficient (Wildman–Crippen LogP) is 2.18. The number of nitrogens with zero attached hydrogens (tertiary/aromatic N) is 3. The van der Waals surface area contributed by atoms with E-state index in [0.717, 1.165) is 25.9 Å². The molecule has 1 aliphatic heterocycles. The van der Waals surface area contributed by atoms with Crippen LogP contribution in [0.1, 0.15) is 39.7 Å². The number of hydrogen-bond acceptors (Lipinski definition) is 4. The van der Waals surface area contributed by atoms with Gasteiger partial charge in [-0.2, -0.15) is 5.10 Å². The minimum Gasteiger partial charge on any atom is -0.345 e. The van der Waals surface area contributed by atoms with Crippen LogP contribution in [0, 0.1) is 0 Å². The van der Waals surface area contributed by atoms with Gasteiger partial charge in [-0.25, -0.2) is 0 Å². The Balaban J connectivity index is 0.00000243. The van der Waals surface area contributed by atoms with E-state index in [1.807, 2.05) is 10.9 Å². The molecule has 2 N–H and O–H groups in total. The molecule has 2 amide bonds. The molecule has 8 heteroatoms. The first-order valence-electron chi connectivity index (χ1n) is 8.43. The van der Waals surface area contributed by atoms with Crippen molar-refractivity contribution in [3.8, 4) is 0 Å². The number of aromatic nitrogens is 2. The Hall–Kier alpha value is -2.38. The van der Waals surface area contributed by atoms with E-state index in [2.05, 4.69) is 15.7 Å². The Morgan fingerprint density at radius 2 is 1.96 bits per heavy atom. The number of hydrogen-bond donors (Lipinski definition) is 2. The lowest BCUT2D eigenvalue weighted by Crippen LogP contribution is -2.32. The maximum absolute atomic E-state index is 12.4. The fourth-order valence-electron chi connectivity index (χ4n) is 2.87. The van der Waals surface area contributed by atoms with E-state index < -0.39 is 0 Å². The van der Waals surface area contributed by atoms with E-state index >= 15 is 0 Å². The first-order valence-corrected chi connectivity index (χ1v) is 8.43. The van der Waals surface area contributed by atoms with Crippen molar-refractivity contribution < 1.29 is 9.59 Å². The number of carbonyl (C=O) groups is 2. The maximum atomic E-state index is 12.4. The first kappa shape index (κ1) is 19.9. The van der Waals surface area contributed by atoms with Crippen LogP contribution in [0.15, 0.2) is 36.5 Å². The molecule has 1 aromatic heterocycles. The second kappa shape index (κ2) is 8.82. The number of benzene rings is 1. The molecule has 1 aromatic carbocycles. The van der Waals surface area contributed by atoms with Gasteiger partial charge in [-0.05, 0) is 49.7 Å². The molecule has 1 saturated heterocycles. The fraction of sp³-hybridized carbons (Fsp3) is 0.389. The second-order valence-electron chi connectivity index (χ2n) is 6.41. The first-order chi connectivity index (χ1) is 12.0. The lowest BCUT2D eigenvalue weighted by molar-refractivity contribution is 0.0827. The molecule has 26 heavy (non-hydrogen) atoms. The van der Waals surface area contributed by atoms with Crippen LogP contribution in [0.5, 0.6) is 0 Å². The summed E-state index contributed by atoms with van der Waals surface area (Å²) < 4.78 is 1.86. The standard InChI is InChI=1S/C18H23N5O2.ClH/c1-22(2)18(25)13-5-7-14(8-6-13)20-17(24)16-9-11-23(21-16)15-4-3-10-19-12-15;/h5-9,11,15,19H,3-4,10,12H2,1-2H3,(H,20,24);1H. The zero-order chi connectivity index (χ0) is 17.8. The molecule has 2 heterocycles. The third-order valence-electron chi connectivity index (χ3n) is 4.28. The van der Waals surface area contributed by atoms with E-state index in [1.165, 1.54) is 4.90 Å². The van der Waals surface area contributed by atoms with Crippen LogP contribution in [0.3, 0.4) is 0 Å². The van der Waals surface area contributed by atoms with Crippen LogP contribution in [0.25, 0.3) is 0 Å². The lowest BCUT2D eigenvalue weighted by atomic mass is 10.1.